The summed E-state index contributed by atoms with van der Waals surface area (Å²) in [4.78, 5) is 12.1. The van der Waals surface area contributed by atoms with Gasteiger partial charge in [0.15, 0.2) is 6.02 Å². The Hall–Kier alpha value is -2.49. The van der Waals surface area contributed by atoms with Crippen molar-refractivity contribution in [2.75, 3.05) is 19.5 Å². The van der Waals surface area contributed by atoms with E-state index in [2.05, 4.69) is 5.32 Å². The Morgan fingerprint density at radius 2 is 1.75 bits per heavy atom. The van der Waals surface area contributed by atoms with Crippen molar-refractivity contribution < 1.29 is 15.6 Å². The predicted octanol–water partition coefficient (Wildman–Crippen LogP) is 3.02. The molecule has 2 aromatic carbocycles. The van der Waals surface area contributed by atoms with Crippen LogP contribution in [0, 0.1) is 0 Å². The molecule has 0 unspecified atom stereocenters. The average Bonchev–Trinajstić information content (AvgIpc) is 2.55. The van der Waals surface area contributed by atoms with E-state index in [1.807, 2.05) is 6.07 Å². The maximum atomic E-state index is 12.1. The lowest BCUT2D eigenvalue weighted by atomic mass is 10.1. The molecule has 2 aromatic rings. The first-order valence-corrected chi connectivity index (χ1v) is 6.16. The summed E-state index contributed by atoms with van der Waals surface area (Å²) >= 11 is 0. The van der Waals surface area contributed by atoms with Crippen LogP contribution in [0.5, 0.6) is 5.75 Å². The lowest BCUT2D eigenvalue weighted by molar-refractivity contribution is -0.141. The molecule has 2 rings (SSSR count). The van der Waals surface area contributed by atoms with Crippen molar-refractivity contribution in [1.82, 2.24) is 0 Å². The number of anilines is 1. The number of carbonyl (C=O) groups is 1. The van der Waals surface area contributed by atoms with Gasteiger partial charge in [0.05, 0.1) is 15.6 Å². The quantitative estimate of drug-likeness (QED) is 0.850. The molecule has 0 aliphatic carbocycles. The van der Waals surface area contributed by atoms with Gasteiger partial charge >= 0.3 is 5.97 Å². The fourth-order valence-corrected chi connectivity index (χ4v) is 1.77. The number of nitrogens with one attached hydrogen (secondary N) is 1. The molecule has 0 radical (unpaired) electrons. The Balaban J connectivity index is 2.34. The number of hydrogen-bond acceptors (Lipinski definition) is 4. The van der Waals surface area contributed by atoms with Crippen LogP contribution in [-0.4, -0.2) is 20.2 Å². The van der Waals surface area contributed by atoms with Gasteiger partial charge < -0.3 is 14.8 Å². The smallest absolute Gasteiger partial charge is 0.332 e. The van der Waals surface area contributed by atoms with Crippen molar-refractivity contribution in [3.63, 3.8) is 0 Å². The highest BCUT2D eigenvalue weighted by Gasteiger charge is 2.20. The van der Waals surface area contributed by atoms with Crippen molar-refractivity contribution in [3.05, 3.63) is 60.2 Å². The van der Waals surface area contributed by atoms with Gasteiger partial charge in [-0.2, -0.15) is 0 Å². The minimum absolute atomic E-state index is 0.507. The number of esters is 1. The Morgan fingerprint density at radius 3 is 2.30 bits per heavy atom. The highest BCUT2D eigenvalue weighted by atomic mass is 16.5. The van der Waals surface area contributed by atoms with Gasteiger partial charge in [-0.3, -0.25) is 0 Å². The summed E-state index contributed by atoms with van der Waals surface area (Å²) in [7, 11) is 2.85. The van der Waals surface area contributed by atoms with Crippen LogP contribution in [0.1, 0.15) is 13.0 Å². The molecule has 0 bridgehead atoms. The number of rotatable bonds is 5. The molecule has 0 aliphatic rings. The third kappa shape index (κ3) is 3.29. The number of carbonyl (C=O) groups excluding carboxylic acids is 1. The second kappa shape index (κ2) is 6.61. The van der Waals surface area contributed by atoms with E-state index in [4.69, 9.17) is 10.8 Å². The highest BCUT2D eigenvalue weighted by Crippen LogP contribution is 2.22. The Kier molecular flexibility index (Phi) is 4.14. The number of ether oxygens (including phenoxy) is 2. The van der Waals surface area contributed by atoms with Crippen LogP contribution in [0.3, 0.4) is 0 Å². The van der Waals surface area contributed by atoms with Crippen molar-refractivity contribution in [2.45, 2.75) is 6.02 Å². The summed E-state index contributed by atoms with van der Waals surface area (Å²) in [6.45, 7) is 0. The standard InChI is InChI=1S/C16H17NO3/c1-19-14-10-8-13(9-11-14)17-15(16(18)20-2)12-6-4-3-5-7-12/h3-11,15,17H,1-2H3/t15-/m0/s1/i15D. The normalized spacial score (nSPS) is 13.8. The van der Waals surface area contributed by atoms with Crippen LogP contribution in [0.25, 0.3) is 0 Å². The maximum Gasteiger partial charge on any atom is 0.332 e. The lowest BCUT2D eigenvalue weighted by Crippen LogP contribution is -2.22. The molecule has 0 amide bonds. The molecule has 0 saturated heterocycles. The molecule has 4 heteroatoms. The van der Waals surface area contributed by atoms with Gasteiger partial charge in [-0.15, -0.1) is 0 Å². The van der Waals surface area contributed by atoms with Crippen molar-refractivity contribution in [2.24, 2.45) is 0 Å². The SMILES string of the molecule is [2H][C@@](Nc1ccc(OC)cc1)(C(=O)OC)c1ccccc1. The van der Waals surface area contributed by atoms with Gasteiger partial charge in [0.25, 0.3) is 0 Å². The van der Waals surface area contributed by atoms with Crippen molar-refractivity contribution >= 4 is 11.7 Å². The molecule has 20 heavy (non-hydrogen) atoms. The zero-order chi connectivity index (χ0) is 15.3. The second-order valence-electron chi connectivity index (χ2n) is 4.09. The Morgan fingerprint density at radius 1 is 1.10 bits per heavy atom. The first-order chi connectivity index (χ1) is 10.1. The summed E-state index contributed by atoms with van der Waals surface area (Å²) in [6, 6.07) is 14.1. The van der Waals surface area contributed by atoms with Gasteiger partial charge in [0.1, 0.15) is 5.75 Å². The first-order valence-electron chi connectivity index (χ1n) is 6.66. The third-order valence-electron chi connectivity index (χ3n) is 2.81. The largest absolute Gasteiger partial charge is 0.497 e. The average molecular weight is 272 g/mol. The van der Waals surface area contributed by atoms with E-state index >= 15 is 0 Å². The third-order valence-corrected chi connectivity index (χ3v) is 2.81. The molecule has 0 aromatic heterocycles. The monoisotopic (exact) mass is 272 g/mol. The molecule has 0 spiro atoms. The first kappa shape index (κ1) is 12.5. The molecular weight excluding hydrogens is 254 g/mol. The number of hydrogen-bond donors (Lipinski definition) is 1. The number of benzene rings is 2. The lowest BCUT2D eigenvalue weighted by Gasteiger charge is -2.18. The Bertz CT molecular complexity index is 601. The van der Waals surface area contributed by atoms with E-state index in [0.29, 0.717) is 17.0 Å². The second-order valence-corrected chi connectivity index (χ2v) is 4.09. The zero-order valence-corrected chi connectivity index (χ0v) is 11.4. The molecule has 0 fully saturated rings. The highest BCUT2D eigenvalue weighted by molar-refractivity contribution is 5.81. The molecule has 0 saturated carbocycles. The van der Waals surface area contributed by atoms with Crippen LogP contribution < -0.4 is 10.1 Å². The van der Waals surface area contributed by atoms with Crippen molar-refractivity contribution in [3.8, 4) is 5.75 Å². The zero-order valence-electron chi connectivity index (χ0n) is 12.4. The van der Waals surface area contributed by atoms with Crippen LogP contribution in [0.15, 0.2) is 54.6 Å². The Labute approximate surface area is 119 Å². The van der Waals surface area contributed by atoms with E-state index in [-0.39, 0.29) is 0 Å². The van der Waals surface area contributed by atoms with Gasteiger partial charge in [-0.25, -0.2) is 4.79 Å². The molecule has 104 valence electrons. The van der Waals surface area contributed by atoms with E-state index in [0.717, 1.165) is 0 Å². The molecule has 0 aliphatic heterocycles. The summed E-state index contributed by atoms with van der Waals surface area (Å²) in [5.74, 6) is 0.0263. The topological polar surface area (TPSA) is 47.6 Å². The summed E-state index contributed by atoms with van der Waals surface area (Å²) < 4.78 is 18.3. The van der Waals surface area contributed by atoms with Crippen LogP contribution in [0.4, 0.5) is 5.69 Å². The van der Waals surface area contributed by atoms with Gasteiger partial charge in [-0.1, -0.05) is 30.3 Å². The minimum atomic E-state index is -1.70. The summed E-state index contributed by atoms with van der Waals surface area (Å²) in [5, 5.41) is 2.91. The van der Waals surface area contributed by atoms with Crippen LogP contribution in [0.2, 0.25) is 0 Å². The van der Waals surface area contributed by atoms with Crippen LogP contribution in [-0.2, 0) is 9.53 Å². The molecule has 1 N–H and O–H groups in total. The predicted molar refractivity (Wildman–Crippen MR) is 77.8 cm³/mol. The molecule has 0 heterocycles. The molecule has 4 nitrogen and oxygen atoms in total. The van der Waals surface area contributed by atoms with E-state index in [1.165, 1.54) is 7.11 Å². The number of methoxy groups -OCH3 is 2. The summed E-state index contributed by atoms with van der Waals surface area (Å²) in [6.07, 6.45) is 0. The van der Waals surface area contributed by atoms with E-state index < -0.39 is 12.0 Å². The van der Waals surface area contributed by atoms with Crippen molar-refractivity contribution in [1.29, 1.82) is 0 Å². The fourth-order valence-electron chi connectivity index (χ4n) is 1.77. The molecular formula is C16H17NO3. The molecule has 1 atom stereocenters. The minimum Gasteiger partial charge on any atom is -0.497 e. The van der Waals surface area contributed by atoms with Gasteiger partial charge in [0, 0.05) is 5.69 Å². The van der Waals surface area contributed by atoms with Gasteiger partial charge in [-0.05, 0) is 29.8 Å². The summed E-state index contributed by atoms with van der Waals surface area (Å²) in [5.41, 5.74) is 1.13. The van der Waals surface area contributed by atoms with Gasteiger partial charge in [0.2, 0.25) is 0 Å². The van der Waals surface area contributed by atoms with E-state index in [9.17, 15) is 4.79 Å². The fraction of sp³-hybridized carbons (Fsp3) is 0.188. The van der Waals surface area contributed by atoms with E-state index in [1.54, 1.807) is 55.6 Å². The maximum absolute atomic E-state index is 12.1. The van der Waals surface area contributed by atoms with Crippen LogP contribution >= 0.6 is 0 Å².